The van der Waals surface area contributed by atoms with Crippen LogP contribution in [0.3, 0.4) is 0 Å². The van der Waals surface area contributed by atoms with E-state index in [0.717, 1.165) is 17.8 Å². The highest BCUT2D eigenvalue weighted by Gasteiger charge is 2.22. The van der Waals surface area contributed by atoms with Gasteiger partial charge in [-0.15, -0.1) is 0 Å². The zero-order chi connectivity index (χ0) is 18.6. The first-order valence-electron chi connectivity index (χ1n) is 9.03. The Balaban J connectivity index is 1.65. The van der Waals surface area contributed by atoms with Gasteiger partial charge in [0.15, 0.2) is 0 Å². The van der Waals surface area contributed by atoms with Gasteiger partial charge >= 0.3 is 0 Å². The lowest BCUT2D eigenvalue weighted by Crippen LogP contribution is -2.35. The lowest BCUT2D eigenvalue weighted by molar-refractivity contribution is 0.0566. The summed E-state index contributed by atoms with van der Waals surface area (Å²) in [7, 11) is 0. The van der Waals surface area contributed by atoms with Gasteiger partial charge in [-0.1, -0.05) is 60.7 Å². The van der Waals surface area contributed by atoms with Gasteiger partial charge in [0.2, 0.25) is 0 Å². The van der Waals surface area contributed by atoms with E-state index >= 15 is 0 Å². The molecule has 0 fully saturated rings. The molecule has 1 heterocycles. The minimum Gasteiger partial charge on any atom is -0.384 e. The van der Waals surface area contributed by atoms with Crippen LogP contribution in [0, 0.1) is 13.8 Å². The average molecular weight is 349 g/mol. The van der Waals surface area contributed by atoms with E-state index in [0.29, 0.717) is 13.1 Å². The van der Waals surface area contributed by atoms with Crippen LogP contribution < -0.4 is 5.32 Å². The molecular weight excluding hydrogens is 322 g/mol. The number of nitrogens with one attached hydrogen (secondary N) is 1. The Morgan fingerprint density at radius 1 is 1.00 bits per heavy atom. The summed E-state index contributed by atoms with van der Waals surface area (Å²) >= 11 is 0. The predicted octanol–water partition coefficient (Wildman–Crippen LogP) is 3.55. The number of hydrogen-bond acceptors (Lipinski definition) is 3. The van der Waals surface area contributed by atoms with E-state index in [1.807, 2.05) is 50.2 Å². The van der Waals surface area contributed by atoms with Gasteiger partial charge in [0.05, 0.1) is 17.8 Å². The highest BCUT2D eigenvalue weighted by molar-refractivity contribution is 5.26. The van der Waals surface area contributed by atoms with Crippen LogP contribution in [-0.2, 0) is 18.7 Å². The van der Waals surface area contributed by atoms with Crippen molar-refractivity contribution in [3.05, 3.63) is 88.7 Å². The Hall–Kier alpha value is -2.43. The highest BCUT2D eigenvalue weighted by Crippen LogP contribution is 2.20. The molecule has 0 spiro atoms. The first kappa shape index (κ1) is 18.4. The molecule has 1 atom stereocenters. The number of hydrogen-bond donors (Lipinski definition) is 2. The minimum atomic E-state index is -0.900. The summed E-state index contributed by atoms with van der Waals surface area (Å²) in [5.41, 5.74) is 4.65. The van der Waals surface area contributed by atoms with Crippen LogP contribution in [0.25, 0.3) is 0 Å². The molecular formula is C22H27N3O. The van der Waals surface area contributed by atoms with Crippen LogP contribution in [0.2, 0.25) is 0 Å². The molecule has 0 aliphatic rings. The highest BCUT2D eigenvalue weighted by atomic mass is 16.3. The summed E-state index contributed by atoms with van der Waals surface area (Å²) in [6.45, 7) is 7.94. The van der Waals surface area contributed by atoms with Crippen LogP contribution in [0.5, 0.6) is 0 Å². The summed E-state index contributed by atoms with van der Waals surface area (Å²) in [5.74, 6) is 0. The van der Waals surface area contributed by atoms with Gasteiger partial charge in [0.25, 0.3) is 0 Å². The molecule has 0 saturated carbocycles. The van der Waals surface area contributed by atoms with Crippen molar-refractivity contribution in [1.29, 1.82) is 0 Å². The maximum absolute atomic E-state index is 10.7. The van der Waals surface area contributed by atoms with Crippen molar-refractivity contribution in [3.8, 4) is 0 Å². The number of benzene rings is 2. The Morgan fingerprint density at radius 3 is 2.27 bits per heavy atom. The second-order valence-electron chi connectivity index (χ2n) is 7.04. The van der Waals surface area contributed by atoms with Crippen LogP contribution in [0.1, 0.15) is 35.0 Å². The van der Waals surface area contributed by atoms with Gasteiger partial charge in [-0.25, -0.2) is 0 Å². The number of nitrogens with zero attached hydrogens (tertiary/aromatic N) is 2. The van der Waals surface area contributed by atoms with E-state index < -0.39 is 5.60 Å². The number of aromatic nitrogens is 2. The van der Waals surface area contributed by atoms with Crippen LogP contribution >= 0.6 is 0 Å². The van der Waals surface area contributed by atoms with E-state index in [9.17, 15) is 5.11 Å². The SMILES string of the molecule is Cc1nn(Cc2ccccc2)c(C)c1CNCC(C)(O)c1ccccc1. The van der Waals surface area contributed by atoms with Gasteiger partial charge < -0.3 is 10.4 Å². The Labute approximate surface area is 155 Å². The molecule has 136 valence electrons. The minimum absolute atomic E-state index is 0.486. The summed E-state index contributed by atoms with van der Waals surface area (Å²) in [5, 5.41) is 18.8. The van der Waals surface area contributed by atoms with Crippen molar-refractivity contribution < 1.29 is 5.11 Å². The first-order valence-corrected chi connectivity index (χ1v) is 9.03. The topological polar surface area (TPSA) is 50.1 Å². The van der Waals surface area contributed by atoms with Crippen molar-refractivity contribution in [3.63, 3.8) is 0 Å². The maximum Gasteiger partial charge on any atom is 0.0992 e. The second kappa shape index (κ2) is 7.85. The van der Waals surface area contributed by atoms with Gasteiger partial charge in [0, 0.05) is 24.3 Å². The van der Waals surface area contributed by atoms with Crippen molar-refractivity contribution >= 4 is 0 Å². The Morgan fingerprint density at radius 2 is 1.62 bits per heavy atom. The maximum atomic E-state index is 10.7. The van der Waals surface area contributed by atoms with E-state index in [1.54, 1.807) is 0 Å². The normalized spacial score (nSPS) is 13.5. The van der Waals surface area contributed by atoms with Gasteiger partial charge in [0.1, 0.15) is 0 Å². The quantitative estimate of drug-likeness (QED) is 0.686. The van der Waals surface area contributed by atoms with Gasteiger partial charge in [-0.3, -0.25) is 4.68 Å². The lowest BCUT2D eigenvalue weighted by atomic mass is 9.96. The number of aryl methyl sites for hydroxylation is 1. The van der Waals surface area contributed by atoms with Crippen molar-refractivity contribution in [2.75, 3.05) is 6.54 Å². The molecule has 26 heavy (non-hydrogen) atoms. The fourth-order valence-electron chi connectivity index (χ4n) is 3.23. The molecule has 3 rings (SSSR count). The van der Waals surface area contributed by atoms with Gasteiger partial charge in [-0.05, 0) is 31.9 Å². The molecule has 0 amide bonds. The molecule has 2 aromatic carbocycles. The molecule has 1 aromatic heterocycles. The monoisotopic (exact) mass is 349 g/mol. The number of aliphatic hydroxyl groups is 1. The zero-order valence-electron chi connectivity index (χ0n) is 15.7. The van der Waals surface area contributed by atoms with Gasteiger partial charge in [-0.2, -0.15) is 5.10 Å². The molecule has 0 aliphatic carbocycles. The smallest absolute Gasteiger partial charge is 0.0992 e. The molecule has 0 radical (unpaired) electrons. The third-order valence-corrected chi connectivity index (χ3v) is 4.87. The molecule has 0 aliphatic heterocycles. The Kier molecular flexibility index (Phi) is 5.55. The standard InChI is InChI=1S/C22H27N3O/c1-17-21(14-23-16-22(3,26)20-12-8-5-9-13-20)18(2)25(24-17)15-19-10-6-4-7-11-19/h4-13,23,26H,14-16H2,1-3H3. The summed E-state index contributed by atoms with van der Waals surface area (Å²) in [6.07, 6.45) is 0. The molecule has 0 bridgehead atoms. The van der Waals surface area contributed by atoms with Crippen LogP contribution in [0.15, 0.2) is 60.7 Å². The van der Waals surface area contributed by atoms with Crippen molar-refractivity contribution in [2.45, 2.75) is 39.5 Å². The molecule has 3 aromatic rings. The fourth-order valence-corrected chi connectivity index (χ4v) is 3.23. The summed E-state index contributed by atoms with van der Waals surface area (Å²) in [4.78, 5) is 0. The summed E-state index contributed by atoms with van der Waals surface area (Å²) in [6, 6.07) is 20.1. The molecule has 2 N–H and O–H groups in total. The summed E-state index contributed by atoms with van der Waals surface area (Å²) < 4.78 is 2.05. The fraction of sp³-hybridized carbons (Fsp3) is 0.318. The average Bonchev–Trinajstić information content (AvgIpc) is 2.90. The molecule has 4 heteroatoms. The van der Waals surface area contributed by atoms with Crippen LogP contribution in [0.4, 0.5) is 0 Å². The van der Waals surface area contributed by atoms with Crippen LogP contribution in [-0.4, -0.2) is 21.4 Å². The predicted molar refractivity (Wildman–Crippen MR) is 105 cm³/mol. The first-order chi connectivity index (χ1) is 12.5. The Bertz CT molecular complexity index is 839. The third kappa shape index (κ3) is 4.21. The largest absolute Gasteiger partial charge is 0.384 e. The van der Waals surface area contributed by atoms with E-state index in [-0.39, 0.29) is 0 Å². The second-order valence-corrected chi connectivity index (χ2v) is 7.04. The molecule has 4 nitrogen and oxygen atoms in total. The van der Waals surface area contributed by atoms with Crippen molar-refractivity contribution in [2.24, 2.45) is 0 Å². The lowest BCUT2D eigenvalue weighted by Gasteiger charge is -2.24. The van der Waals surface area contributed by atoms with E-state index in [2.05, 4.69) is 41.2 Å². The van der Waals surface area contributed by atoms with Crippen molar-refractivity contribution in [1.82, 2.24) is 15.1 Å². The molecule has 0 saturated heterocycles. The third-order valence-electron chi connectivity index (χ3n) is 4.87. The number of rotatable bonds is 7. The van der Waals surface area contributed by atoms with E-state index in [4.69, 9.17) is 5.10 Å². The molecule has 1 unspecified atom stereocenters. The zero-order valence-corrected chi connectivity index (χ0v) is 15.7. The van der Waals surface area contributed by atoms with E-state index in [1.165, 1.54) is 16.8 Å².